The molecule has 1 aromatic rings. The molecule has 1 N–H and O–H groups in total. The lowest BCUT2D eigenvalue weighted by atomic mass is 9.92. The maximum atomic E-state index is 13.8. The first-order chi connectivity index (χ1) is 17.5. The van der Waals surface area contributed by atoms with E-state index in [9.17, 15) is 9.59 Å². The molecule has 0 radical (unpaired) electrons. The third-order valence-electron chi connectivity index (χ3n) is 8.04. The van der Waals surface area contributed by atoms with E-state index in [4.69, 9.17) is 16.5 Å². The van der Waals surface area contributed by atoms with E-state index >= 15 is 0 Å². The largest absolute Gasteiger partial charge is 0.492 e. The van der Waals surface area contributed by atoms with Gasteiger partial charge in [0.2, 0.25) is 5.91 Å². The molecule has 1 aliphatic carbocycles. The molecule has 1 aromatic carbocycles. The number of nitrogens with one attached hydrogen (secondary N) is 1. The fourth-order valence-electron chi connectivity index (χ4n) is 5.97. The van der Waals surface area contributed by atoms with Crippen LogP contribution >= 0.6 is 11.8 Å². The highest BCUT2D eigenvalue weighted by Gasteiger charge is 2.54. The summed E-state index contributed by atoms with van der Waals surface area (Å²) in [6.07, 6.45) is 12.8. The standard InChI is InChI=1S/C28H37ClN4O3/c1-28(27(35)30-22-12-7-2-3-8-13-22)20-32-23-14-17-36-25(23)18-24(32)26(34)33(28)16-9-15-31(29)19-21-10-5-4-6-11-21/h4-6,10-11,14,17-18,22-23,25H,2-3,7-9,12-13,15-16,19-20H2,1H3,(H,30,35). The quantitative estimate of drug-likeness (QED) is 0.422. The van der Waals surface area contributed by atoms with E-state index in [-0.39, 0.29) is 30.0 Å². The summed E-state index contributed by atoms with van der Waals surface area (Å²) < 4.78 is 7.44. The van der Waals surface area contributed by atoms with Crippen molar-refractivity contribution in [3.05, 3.63) is 60.0 Å². The second-order valence-corrected chi connectivity index (χ2v) is 11.2. The van der Waals surface area contributed by atoms with E-state index in [0.29, 0.717) is 38.3 Å². The summed E-state index contributed by atoms with van der Waals surface area (Å²) in [6, 6.07) is 10.2. The molecule has 2 amide bonds. The van der Waals surface area contributed by atoms with Gasteiger partial charge in [0, 0.05) is 25.7 Å². The monoisotopic (exact) mass is 512 g/mol. The van der Waals surface area contributed by atoms with Crippen molar-refractivity contribution in [2.24, 2.45) is 0 Å². The first-order valence-electron chi connectivity index (χ1n) is 13.3. The van der Waals surface area contributed by atoms with Crippen molar-refractivity contribution < 1.29 is 14.3 Å². The molecule has 36 heavy (non-hydrogen) atoms. The Bertz CT molecular complexity index is 1010. The van der Waals surface area contributed by atoms with Gasteiger partial charge in [-0.25, -0.2) is 4.42 Å². The molecule has 2 fully saturated rings. The van der Waals surface area contributed by atoms with Crippen LogP contribution in [0, 0.1) is 0 Å². The van der Waals surface area contributed by atoms with Crippen molar-refractivity contribution in [1.82, 2.24) is 19.5 Å². The summed E-state index contributed by atoms with van der Waals surface area (Å²) in [5.74, 6) is -0.157. The molecular weight excluding hydrogens is 476 g/mol. The van der Waals surface area contributed by atoms with Gasteiger partial charge in [-0.05, 0) is 55.7 Å². The van der Waals surface area contributed by atoms with Gasteiger partial charge in [-0.3, -0.25) is 9.59 Å². The highest BCUT2D eigenvalue weighted by Crippen LogP contribution is 2.38. The van der Waals surface area contributed by atoms with E-state index in [1.165, 1.54) is 12.8 Å². The van der Waals surface area contributed by atoms with Crippen molar-refractivity contribution in [2.45, 2.75) is 82.1 Å². The fraction of sp³-hybridized carbons (Fsp3) is 0.571. The molecule has 5 rings (SSSR count). The molecule has 7 nitrogen and oxygen atoms in total. The highest BCUT2D eigenvalue weighted by molar-refractivity contribution is 6.13. The Morgan fingerprint density at radius 1 is 1.19 bits per heavy atom. The van der Waals surface area contributed by atoms with Crippen molar-refractivity contribution in [3.63, 3.8) is 0 Å². The Hall–Kier alpha value is -2.51. The molecule has 1 saturated carbocycles. The number of hydrogen-bond acceptors (Lipinski definition) is 5. The zero-order chi connectivity index (χ0) is 25.1. The molecule has 3 unspecified atom stereocenters. The van der Waals surface area contributed by atoms with Gasteiger partial charge in [-0.2, -0.15) is 0 Å². The third-order valence-corrected chi connectivity index (χ3v) is 8.33. The van der Waals surface area contributed by atoms with Crippen molar-refractivity contribution in [1.29, 1.82) is 0 Å². The van der Waals surface area contributed by atoms with Crippen LogP contribution in [-0.4, -0.2) is 69.4 Å². The molecule has 0 bridgehead atoms. The Morgan fingerprint density at radius 3 is 2.69 bits per heavy atom. The minimum Gasteiger partial charge on any atom is -0.492 e. The number of halogens is 1. The number of hydrogen-bond donors (Lipinski definition) is 1. The van der Waals surface area contributed by atoms with E-state index in [1.54, 1.807) is 15.6 Å². The Balaban J connectivity index is 1.30. The summed E-state index contributed by atoms with van der Waals surface area (Å²) in [7, 11) is 0. The van der Waals surface area contributed by atoms with Gasteiger partial charge >= 0.3 is 0 Å². The van der Waals surface area contributed by atoms with Crippen LogP contribution in [0.5, 0.6) is 0 Å². The van der Waals surface area contributed by atoms with Crippen LogP contribution in [0.1, 0.15) is 57.4 Å². The van der Waals surface area contributed by atoms with Crippen LogP contribution in [0.25, 0.3) is 0 Å². The SMILES string of the molecule is CC1(C(=O)NC2CCCCCC2)CN2C(=CC3OC=CC32)C(=O)N1CCCN(Cl)Cc1ccccc1. The maximum absolute atomic E-state index is 13.8. The summed E-state index contributed by atoms with van der Waals surface area (Å²) in [5, 5.41) is 3.33. The number of amides is 2. The molecule has 194 valence electrons. The van der Waals surface area contributed by atoms with Gasteiger partial charge in [-0.15, -0.1) is 0 Å². The van der Waals surface area contributed by atoms with Gasteiger partial charge in [0.25, 0.3) is 5.91 Å². The summed E-state index contributed by atoms with van der Waals surface area (Å²) >= 11 is 6.51. The number of piperazine rings is 1. The molecule has 3 heterocycles. The number of benzene rings is 1. The predicted molar refractivity (Wildman–Crippen MR) is 140 cm³/mol. The number of ether oxygens (including phenoxy) is 1. The van der Waals surface area contributed by atoms with Crippen LogP contribution < -0.4 is 5.32 Å². The van der Waals surface area contributed by atoms with E-state index in [1.807, 2.05) is 49.4 Å². The van der Waals surface area contributed by atoms with E-state index in [0.717, 1.165) is 31.2 Å². The zero-order valence-electron chi connectivity index (χ0n) is 21.1. The smallest absolute Gasteiger partial charge is 0.270 e. The minimum absolute atomic E-state index is 0.0275. The Labute approximate surface area is 219 Å². The maximum Gasteiger partial charge on any atom is 0.270 e. The van der Waals surface area contributed by atoms with E-state index < -0.39 is 5.54 Å². The minimum atomic E-state index is -0.970. The van der Waals surface area contributed by atoms with Crippen LogP contribution in [0.15, 0.2) is 54.4 Å². The third kappa shape index (κ3) is 5.14. The molecule has 0 spiro atoms. The average molecular weight is 513 g/mol. The first-order valence-corrected chi connectivity index (χ1v) is 13.7. The number of fused-ring (bicyclic) bond motifs is 3. The lowest BCUT2D eigenvalue weighted by Gasteiger charge is -2.49. The molecule has 1 saturated heterocycles. The summed E-state index contributed by atoms with van der Waals surface area (Å²) in [5.41, 5.74) is 0.810. The van der Waals surface area contributed by atoms with Gasteiger partial charge in [0.1, 0.15) is 17.3 Å². The molecular formula is C28H37ClN4O3. The number of nitrogens with zero attached hydrogens (tertiary/aromatic N) is 3. The van der Waals surface area contributed by atoms with Gasteiger partial charge in [0.05, 0.1) is 18.8 Å². The van der Waals surface area contributed by atoms with Crippen molar-refractivity contribution in [2.75, 3.05) is 19.6 Å². The van der Waals surface area contributed by atoms with E-state index in [2.05, 4.69) is 10.2 Å². The molecule has 3 atom stereocenters. The molecule has 4 aliphatic rings. The summed E-state index contributed by atoms with van der Waals surface area (Å²) in [4.78, 5) is 31.5. The summed E-state index contributed by atoms with van der Waals surface area (Å²) in [6.45, 7) is 4.07. The highest BCUT2D eigenvalue weighted by atomic mass is 35.5. The van der Waals surface area contributed by atoms with Crippen LogP contribution in [-0.2, 0) is 20.9 Å². The molecule has 0 aromatic heterocycles. The van der Waals surface area contributed by atoms with Crippen LogP contribution in [0.3, 0.4) is 0 Å². The zero-order valence-corrected chi connectivity index (χ0v) is 21.8. The Morgan fingerprint density at radius 2 is 1.94 bits per heavy atom. The number of carbonyl (C=O) groups excluding carboxylic acids is 2. The normalized spacial score (nSPS) is 28.0. The number of rotatable bonds is 8. The molecule has 3 aliphatic heterocycles. The lowest BCUT2D eigenvalue weighted by molar-refractivity contribution is -0.152. The van der Waals surface area contributed by atoms with Crippen LogP contribution in [0.2, 0.25) is 0 Å². The lowest BCUT2D eigenvalue weighted by Crippen LogP contribution is -2.69. The number of carbonyl (C=O) groups is 2. The van der Waals surface area contributed by atoms with Crippen molar-refractivity contribution >= 4 is 23.6 Å². The second kappa shape index (κ2) is 10.9. The topological polar surface area (TPSA) is 65.1 Å². The van der Waals surface area contributed by atoms with Gasteiger partial charge < -0.3 is 19.9 Å². The van der Waals surface area contributed by atoms with Crippen LogP contribution in [0.4, 0.5) is 0 Å². The van der Waals surface area contributed by atoms with Crippen molar-refractivity contribution in [3.8, 4) is 0 Å². The average Bonchev–Trinajstić information content (AvgIpc) is 3.36. The second-order valence-electron chi connectivity index (χ2n) is 10.7. The first kappa shape index (κ1) is 25.2. The predicted octanol–water partition coefficient (Wildman–Crippen LogP) is 3.95. The fourth-order valence-corrected chi connectivity index (χ4v) is 6.23. The molecule has 8 heteroatoms. The Kier molecular flexibility index (Phi) is 7.58. The van der Waals surface area contributed by atoms with Gasteiger partial charge in [-0.1, -0.05) is 56.0 Å². The van der Waals surface area contributed by atoms with Gasteiger partial charge in [0.15, 0.2) is 0 Å².